The quantitative estimate of drug-likeness (QED) is 0.758. The smallest absolute Gasteiger partial charge is 0.0107 e. The lowest BCUT2D eigenvalue weighted by molar-refractivity contribution is 0.195. The Morgan fingerprint density at radius 1 is 0.941 bits per heavy atom. The van der Waals surface area contributed by atoms with Crippen LogP contribution in [0.25, 0.3) is 0 Å². The maximum absolute atomic E-state index is 3.74. The van der Waals surface area contributed by atoms with Gasteiger partial charge in [-0.2, -0.15) is 0 Å². The maximum atomic E-state index is 3.74. The molecule has 3 nitrogen and oxygen atoms in total. The summed E-state index contributed by atoms with van der Waals surface area (Å²) in [7, 11) is 0. The molecule has 0 aliphatic carbocycles. The molecule has 0 saturated carbocycles. The molecule has 0 aromatic carbocycles. The molecular weight excluding hydrogens is 210 g/mol. The standard InChI is InChI=1S/C14H29N3/c1-2-8-16-11-5-14(6-12-16)15-7-13-17-9-3-4-10-17/h14-15H,2-13H2,1H3. The van der Waals surface area contributed by atoms with Crippen molar-refractivity contribution in [3.05, 3.63) is 0 Å². The first-order valence-electron chi connectivity index (χ1n) is 7.56. The average molecular weight is 239 g/mol. The second-order valence-corrected chi connectivity index (χ2v) is 5.62. The number of piperidine rings is 1. The van der Waals surface area contributed by atoms with Gasteiger partial charge in [-0.15, -0.1) is 0 Å². The van der Waals surface area contributed by atoms with Gasteiger partial charge in [0.1, 0.15) is 0 Å². The molecule has 2 fully saturated rings. The van der Waals surface area contributed by atoms with Crippen LogP contribution in [0.3, 0.4) is 0 Å². The minimum atomic E-state index is 0.783. The Hall–Kier alpha value is -0.120. The van der Waals surface area contributed by atoms with Crippen molar-refractivity contribution in [2.24, 2.45) is 0 Å². The van der Waals surface area contributed by atoms with Crippen LogP contribution in [-0.4, -0.2) is 61.7 Å². The first kappa shape index (κ1) is 13.3. The highest BCUT2D eigenvalue weighted by Gasteiger charge is 2.18. The molecule has 100 valence electrons. The van der Waals surface area contributed by atoms with Gasteiger partial charge in [0.15, 0.2) is 0 Å². The fourth-order valence-electron chi connectivity index (χ4n) is 3.11. The van der Waals surface area contributed by atoms with Crippen LogP contribution in [0.1, 0.15) is 39.0 Å². The van der Waals surface area contributed by atoms with Gasteiger partial charge in [-0.05, 0) is 64.8 Å². The SMILES string of the molecule is CCCN1CCC(NCCN2CCCC2)CC1. The Balaban J connectivity index is 1.52. The van der Waals surface area contributed by atoms with E-state index in [-0.39, 0.29) is 0 Å². The van der Waals surface area contributed by atoms with Crippen molar-refractivity contribution in [1.82, 2.24) is 15.1 Å². The zero-order valence-electron chi connectivity index (χ0n) is 11.5. The summed E-state index contributed by atoms with van der Waals surface area (Å²) in [5.41, 5.74) is 0. The van der Waals surface area contributed by atoms with Crippen molar-refractivity contribution < 1.29 is 0 Å². The maximum Gasteiger partial charge on any atom is 0.0107 e. The third-order valence-electron chi connectivity index (χ3n) is 4.19. The van der Waals surface area contributed by atoms with Crippen molar-refractivity contribution in [2.45, 2.75) is 45.1 Å². The number of hydrogen-bond acceptors (Lipinski definition) is 3. The van der Waals surface area contributed by atoms with Gasteiger partial charge in [-0.25, -0.2) is 0 Å². The van der Waals surface area contributed by atoms with E-state index in [1.54, 1.807) is 0 Å². The summed E-state index contributed by atoms with van der Waals surface area (Å²) in [4.78, 5) is 5.21. The summed E-state index contributed by atoms with van der Waals surface area (Å²) in [6.45, 7) is 11.3. The molecule has 1 N–H and O–H groups in total. The van der Waals surface area contributed by atoms with Crippen LogP contribution in [0.15, 0.2) is 0 Å². The van der Waals surface area contributed by atoms with Crippen molar-refractivity contribution in [2.75, 3.05) is 45.8 Å². The number of nitrogens with one attached hydrogen (secondary N) is 1. The Morgan fingerprint density at radius 2 is 1.59 bits per heavy atom. The third kappa shape index (κ3) is 4.57. The van der Waals surface area contributed by atoms with Crippen molar-refractivity contribution in [1.29, 1.82) is 0 Å². The molecule has 0 spiro atoms. The van der Waals surface area contributed by atoms with Gasteiger partial charge in [-0.3, -0.25) is 0 Å². The predicted octanol–water partition coefficient (Wildman–Crippen LogP) is 1.55. The zero-order chi connectivity index (χ0) is 11.9. The van der Waals surface area contributed by atoms with Gasteiger partial charge in [0.25, 0.3) is 0 Å². The molecule has 2 saturated heterocycles. The molecule has 17 heavy (non-hydrogen) atoms. The first-order chi connectivity index (χ1) is 8.38. The molecule has 3 heteroatoms. The largest absolute Gasteiger partial charge is 0.313 e. The number of likely N-dealkylation sites (tertiary alicyclic amines) is 2. The Kier molecular flexibility index (Phi) is 5.75. The average Bonchev–Trinajstić information content (AvgIpc) is 2.85. The van der Waals surface area contributed by atoms with Gasteiger partial charge in [0.2, 0.25) is 0 Å². The van der Waals surface area contributed by atoms with E-state index in [1.807, 2.05) is 0 Å². The van der Waals surface area contributed by atoms with Crippen molar-refractivity contribution in [3.8, 4) is 0 Å². The minimum absolute atomic E-state index is 0.783. The molecule has 2 rings (SSSR count). The van der Waals surface area contributed by atoms with Crippen LogP contribution in [0.4, 0.5) is 0 Å². The summed E-state index contributed by atoms with van der Waals surface area (Å²) >= 11 is 0. The second-order valence-electron chi connectivity index (χ2n) is 5.62. The highest BCUT2D eigenvalue weighted by Crippen LogP contribution is 2.11. The van der Waals surface area contributed by atoms with Gasteiger partial charge < -0.3 is 15.1 Å². The summed E-state index contributed by atoms with van der Waals surface area (Å²) in [6, 6.07) is 0.783. The highest BCUT2D eigenvalue weighted by atomic mass is 15.2. The monoisotopic (exact) mass is 239 g/mol. The van der Waals surface area contributed by atoms with E-state index in [0.717, 1.165) is 6.04 Å². The fraction of sp³-hybridized carbons (Fsp3) is 1.00. The topological polar surface area (TPSA) is 18.5 Å². The zero-order valence-corrected chi connectivity index (χ0v) is 11.5. The van der Waals surface area contributed by atoms with E-state index in [4.69, 9.17) is 0 Å². The predicted molar refractivity (Wildman–Crippen MR) is 73.4 cm³/mol. The summed E-state index contributed by atoms with van der Waals surface area (Å²) in [5.74, 6) is 0. The number of nitrogens with zero attached hydrogens (tertiary/aromatic N) is 2. The normalized spacial score (nSPS) is 24.5. The van der Waals surface area contributed by atoms with Crippen LogP contribution >= 0.6 is 0 Å². The number of hydrogen-bond donors (Lipinski definition) is 1. The van der Waals surface area contributed by atoms with E-state index in [1.165, 1.54) is 77.9 Å². The molecule has 0 aromatic heterocycles. The molecule has 0 unspecified atom stereocenters. The molecule has 2 aliphatic heterocycles. The van der Waals surface area contributed by atoms with Crippen LogP contribution < -0.4 is 5.32 Å². The van der Waals surface area contributed by atoms with Gasteiger partial charge in [0, 0.05) is 19.1 Å². The fourth-order valence-corrected chi connectivity index (χ4v) is 3.11. The Bertz CT molecular complexity index is 194. The van der Waals surface area contributed by atoms with E-state index in [0.29, 0.717) is 0 Å². The van der Waals surface area contributed by atoms with Crippen LogP contribution in [-0.2, 0) is 0 Å². The molecule has 0 atom stereocenters. The molecular formula is C14H29N3. The van der Waals surface area contributed by atoms with E-state index >= 15 is 0 Å². The van der Waals surface area contributed by atoms with E-state index in [9.17, 15) is 0 Å². The van der Waals surface area contributed by atoms with Crippen molar-refractivity contribution in [3.63, 3.8) is 0 Å². The molecule has 2 aliphatic rings. The third-order valence-corrected chi connectivity index (χ3v) is 4.19. The van der Waals surface area contributed by atoms with Gasteiger partial charge in [-0.1, -0.05) is 6.92 Å². The van der Waals surface area contributed by atoms with Gasteiger partial charge >= 0.3 is 0 Å². The summed E-state index contributed by atoms with van der Waals surface area (Å²) in [5, 5.41) is 3.74. The van der Waals surface area contributed by atoms with Crippen LogP contribution in [0.5, 0.6) is 0 Å². The van der Waals surface area contributed by atoms with Crippen LogP contribution in [0, 0.1) is 0 Å². The summed E-state index contributed by atoms with van der Waals surface area (Å²) in [6.07, 6.45) is 6.82. The lowest BCUT2D eigenvalue weighted by Crippen LogP contribution is -2.44. The Morgan fingerprint density at radius 3 is 2.24 bits per heavy atom. The van der Waals surface area contributed by atoms with Crippen molar-refractivity contribution >= 4 is 0 Å². The highest BCUT2D eigenvalue weighted by molar-refractivity contribution is 4.77. The molecule has 0 bridgehead atoms. The second kappa shape index (κ2) is 7.34. The molecule has 0 aromatic rings. The first-order valence-corrected chi connectivity index (χ1v) is 7.56. The Labute approximate surface area is 107 Å². The van der Waals surface area contributed by atoms with E-state index < -0.39 is 0 Å². The summed E-state index contributed by atoms with van der Waals surface area (Å²) < 4.78 is 0. The van der Waals surface area contributed by atoms with Crippen LogP contribution in [0.2, 0.25) is 0 Å². The molecule has 0 radical (unpaired) electrons. The molecule has 0 amide bonds. The lowest BCUT2D eigenvalue weighted by atomic mass is 10.0. The molecule has 2 heterocycles. The van der Waals surface area contributed by atoms with Gasteiger partial charge in [0.05, 0.1) is 0 Å². The van der Waals surface area contributed by atoms with E-state index in [2.05, 4.69) is 22.0 Å². The minimum Gasteiger partial charge on any atom is -0.313 e. The number of rotatable bonds is 6. The lowest BCUT2D eigenvalue weighted by Gasteiger charge is -2.32.